The number of hydrogen-bond donors (Lipinski definition) is 0. The quantitative estimate of drug-likeness (QED) is 0.580. The smallest absolute Gasteiger partial charge is 0.251 e. The number of aliphatic imine (C=N–C) groups is 1. The van der Waals surface area contributed by atoms with Crippen molar-refractivity contribution >= 4 is 23.4 Å². The number of ether oxygens (including phenoxy) is 2. The van der Waals surface area contributed by atoms with E-state index in [2.05, 4.69) is 4.99 Å². The van der Waals surface area contributed by atoms with Crippen molar-refractivity contribution in [3.63, 3.8) is 0 Å². The molecular weight excluding hydrogens is 273 g/mol. The minimum atomic E-state index is -0.787. The predicted molar refractivity (Wildman–Crippen MR) is 66.3 cm³/mol. The van der Waals surface area contributed by atoms with Crippen LogP contribution in [-0.4, -0.2) is 11.9 Å². The van der Waals surface area contributed by atoms with Crippen LogP contribution in [0.5, 0.6) is 11.5 Å². The summed E-state index contributed by atoms with van der Waals surface area (Å²) in [7, 11) is 0. The fourth-order valence-corrected chi connectivity index (χ4v) is 2.82. The molecule has 1 heterocycles. The molecule has 2 aliphatic rings. The minimum Gasteiger partial charge on any atom is -0.447 e. The van der Waals surface area contributed by atoms with Gasteiger partial charge in [0.05, 0.1) is 5.02 Å². The van der Waals surface area contributed by atoms with Crippen molar-refractivity contribution in [3.8, 4) is 11.5 Å². The lowest BCUT2D eigenvalue weighted by Crippen LogP contribution is -2.40. The number of carbonyl (C=O) groups excluding carboxylic acids is 1. The summed E-state index contributed by atoms with van der Waals surface area (Å²) >= 11 is 5.96. The Morgan fingerprint density at radius 3 is 2.63 bits per heavy atom. The van der Waals surface area contributed by atoms with Gasteiger partial charge < -0.3 is 9.47 Å². The van der Waals surface area contributed by atoms with Crippen LogP contribution in [0.1, 0.15) is 32.1 Å². The fraction of sp³-hybridized carbons (Fsp3) is 0.462. The molecule has 1 aromatic rings. The lowest BCUT2D eigenvalue weighted by atomic mass is 9.94. The molecule has 3 rings (SSSR count). The second-order valence-corrected chi connectivity index (χ2v) is 5.13. The van der Waals surface area contributed by atoms with Gasteiger partial charge in [-0.25, -0.2) is 9.18 Å². The normalized spacial score (nSPS) is 19.3. The Bertz CT molecular complexity index is 578. The molecule has 100 valence electrons. The standard InChI is InChI=1S/C13H11ClFNO3/c14-8-6-9(15)10(16-7-17)12-11(8)18-13(19-12)4-2-1-3-5-13/h6H,1-5H2. The van der Waals surface area contributed by atoms with E-state index < -0.39 is 11.6 Å². The van der Waals surface area contributed by atoms with Gasteiger partial charge in [0, 0.05) is 12.8 Å². The van der Waals surface area contributed by atoms with Gasteiger partial charge >= 0.3 is 0 Å². The van der Waals surface area contributed by atoms with E-state index in [1.54, 1.807) is 0 Å². The summed E-state index contributed by atoms with van der Waals surface area (Å²) in [5, 5.41) is 0.125. The molecule has 0 saturated heterocycles. The van der Waals surface area contributed by atoms with Crippen LogP contribution in [0.3, 0.4) is 0 Å². The van der Waals surface area contributed by atoms with E-state index in [0.717, 1.165) is 25.3 Å². The Labute approximate surface area is 114 Å². The molecule has 1 aromatic carbocycles. The van der Waals surface area contributed by atoms with E-state index >= 15 is 0 Å². The molecule has 1 aliphatic carbocycles. The number of hydrogen-bond acceptors (Lipinski definition) is 4. The van der Waals surface area contributed by atoms with Crippen molar-refractivity contribution in [2.75, 3.05) is 0 Å². The highest BCUT2D eigenvalue weighted by molar-refractivity contribution is 6.32. The molecule has 4 nitrogen and oxygen atoms in total. The second-order valence-electron chi connectivity index (χ2n) is 4.73. The third-order valence-corrected chi connectivity index (χ3v) is 3.75. The van der Waals surface area contributed by atoms with Crippen molar-refractivity contribution in [2.45, 2.75) is 37.9 Å². The second kappa shape index (κ2) is 4.51. The van der Waals surface area contributed by atoms with E-state index in [1.165, 1.54) is 6.08 Å². The van der Waals surface area contributed by atoms with Crippen molar-refractivity contribution in [1.82, 2.24) is 0 Å². The third kappa shape index (κ3) is 1.99. The van der Waals surface area contributed by atoms with E-state index in [-0.39, 0.29) is 22.2 Å². The summed E-state index contributed by atoms with van der Waals surface area (Å²) < 4.78 is 25.3. The molecule has 0 N–H and O–H groups in total. The number of isocyanates is 1. The molecule has 19 heavy (non-hydrogen) atoms. The third-order valence-electron chi connectivity index (χ3n) is 3.47. The Hall–Kier alpha value is -1.58. The predicted octanol–water partition coefficient (Wildman–Crippen LogP) is 3.88. The van der Waals surface area contributed by atoms with Crippen LogP contribution in [0, 0.1) is 5.82 Å². The van der Waals surface area contributed by atoms with Crippen LogP contribution in [-0.2, 0) is 4.79 Å². The molecular formula is C13H11ClFNO3. The first-order valence-corrected chi connectivity index (χ1v) is 6.51. The van der Waals surface area contributed by atoms with Crippen molar-refractivity contribution < 1.29 is 18.7 Å². The van der Waals surface area contributed by atoms with E-state index in [1.807, 2.05) is 0 Å². The maximum absolute atomic E-state index is 13.8. The zero-order valence-electron chi connectivity index (χ0n) is 10.0. The monoisotopic (exact) mass is 283 g/mol. The van der Waals surface area contributed by atoms with Gasteiger partial charge in [-0.15, -0.1) is 0 Å². The lowest BCUT2D eigenvalue weighted by molar-refractivity contribution is -0.105. The minimum absolute atomic E-state index is 0.107. The van der Waals surface area contributed by atoms with Gasteiger partial charge in [0.15, 0.2) is 23.0 Å². The maximum Gasteiger partial charge on any atom is 0.251 e. The number of halogens is 2. The van der Waals surface area contributed by atoms with Gasteiger partial charge in [-0.2, -0.15) is 4.99 Å². The van der Waals surface area contributed by atoms with Gasteiger partial charge in [0.25, 0.3) is 5.79 Å². The fourth-order valence-electron chi connectivity index (χ4n) is 2.60. The first-order valence-electron chi connectivity index (χ1n) is 6.13. The van der Waals surface area contributed by atoms with E-state index in [0.29, 0.717) is 12.8 Å². The largest absolute Gasteiger partial charge is 0.447 e. The average Bonchev–Trinajstić information content (AvgIpc) is 2.75. The average molecular weight is 284 g/mol. The molecule has 6 heteroatoms. The molecule has 0 atom stereocenters. The maximum atomic E-state index is 13.8. The summed E-state index contributed by atoms with van der Waals surface area (Å²) in [6.07, 6.45) is 5.81. The molecule has 0 radical (unpaired) electrons. The van der Waals surface area contributed by atoms with Gasteiger partial charge in [-0.3, -0.25) is 0 Å². The molecule has 1 spiro atoms. The molecule has 0 unspecified atom stereocenters. The van der Waals surface area contributed by atoms with Crippen molar-refractivity contribution in [2.24, 2.45) is 4.99 Å². The Kier molecular flexibility index (Phi) is 2.96. The SMILES string of the molecule is O=C=Nc1c(F)cc(Cl)c2c1OC1(CCCCC1)O2. The highest BCUT2D eigenvalue weighted by Crippen LogP contribution is 2.54. The van der Waals surface area contributed by atoms with Gasteiger partial charge in [-0.1, -0.05) is 18.0 Å². The number of rotatable bonds is 1. The topological polar surface area (TPSA) is 47.9 Å². The summed E-state index contributed by atoms with van der Waals surface area (Å²) in [5.74, 6) is -1.14. The molecule has 1 aliphatic heterocycles. The summed E-state index contributed by atoms with van der Waals surface area (Å²) in [6, 6.07) is 1.07. The van der Waals surface area contributed by atoms with Crippen molar-refractivity contribution in [1.29, 1.82) is 0 Å². The number of fused-ring (bicyclic) bond motifs is 1. The van der Waals surface area contributed by atoms with E-state index in [4.69, 9.17) is 21.1 Å². The summed E-state index contributed by atoms with van der Waals surface area (Å²) in [5.41, 5.74) is -0.197. The Morgan fingerprint density at radius 1 is 1.26 bits per heavy atom. The van der Waals surface area contributed by atoms with Crippen LogP contribution in [0.4, 0.5) is 10.1 Å². The summed E-state index contributed by atoms with van der Waals surface area (Å²) in [4.78, 5) is 13.7. The Morgan fingerprint density at radius 2 is 1.95 bits per heavy atom. The van der Waals surface area contributed by atoms with Crippen LogP contribution in [0.15, 0.2) is 11.1 Å². The number of nitrogens with zero attached hydrogens (tertiary/aromatic N) is 1. The van der Waals surface area contributed by atoms with Crippen molar-refractivity contribution in [3.05, 3.63) is 16.9 Å². The lowest BCUT2D eigenvalue weighted by Gasteiger charge is -2.31. The Balaban J connectivity index is 2.08. The zero-order valence-corrected chi connectivity index (χ0v) is 10.8. The molecule has 0 amide bonds. The number of benzene rings is 1. The van der Waals surface area contributed by atoms with E-state index in [9.17, 15) is 9.18 Å². The highest BCUT2D eigenvalue weighted by atomic mass is 35.5. The van der Waals surface area contributed by atoms with Crippen LogP contribution in [0.2, 0.25) is 5.02 Å². The highest BCUT2D eigenvalue weighted by Gasteiger charge is 2.45. The van der Waals surface area contributed by atoms with Gasteiger partial charge in [0.1, 0.15) is 0 Å². The van der Waals surface area contributed by atoms with Gasteiger partial charge in [-0.05, 0) is 18.9 Å². The van der Waals surface area contributed by atoms with Crippen LogP contribution < -0.4 is 9.47 Å². The first-order chi connectivity index (χ1) is 9.15. The first kappa shape index (κ1) is 12.5. The summed E-state index contributed by atoms with van der Waals surface area (Å²) in [6.45, 7) is 0. The van der Waals surface area contributed by atoms with Crippen LogP contribution in [0.25, 0.3) is 0 Å². The molecule has 0 aromatic heterocycles. The molecule has 1 fully saturated rings. The van der Waals surface area contributed by atoms with Crippen LogP contribution >= 0.6 is 11.6 Å². The molecule has 1 saturated carbocycles. The molecule has 0 bridgehead atoms. The van der Waals surface area contributed by atoms with Gasteiger partial charge in [0.2, 0.25) is 6.08 Å². The zero-order chi connectivity index (χ0) is 13.5.